The molecule has 1 atom stereocenters. The highest BCUT2D eigenvalue weighted by molar-refractivity contribution is 14.0. The number of hydrogen-bond acceptors (Lipinski definition) is 3. The molecule has 1 aliphatic heterocycles. The highest BCUT2D eigenvalue weighted by Crippen LogP contribution is 2.15. The summed E-state index contributed by atoms with van der Waals surface area (Å²) in [5.41, 5.74) is 0. The van der Waals surface area contributed by atoms with Crippen molar-refractivity contribution in [3.8, 4) is 0 Å². The van der Waals surface area contributed by atoms with Crippen LogP contribution in [0.3, 0.4) is 0 Å². The van der Waals surface area contributed by atoms with Crippen LogP contribution in [0.15, 0.2) is 4.99 Å². The van der Waals surface area contributed by atoms with E-state index >= 15 is 0 Å². The number of guanidine groups is 1. The SMILES string of the molecule is CN=C(NCCCOC(C)C)NCCCN1CCCCC1C.I. The fourth-order valence-corrected chi connectivity index (χ4v) is 2.80. The predicted octanol–water partition coefficient (Wildman–Crippen LogP) is 2.85. The Bertz CT molecular complexity index is 313. The maximum Gasteiger partial charge on any atom is 0.190 e. The topological polar surface area (TPSA) is 48.9 Å². The Morgan fingerprint density at radius 3 is 2.52 bits per heavy atom. The van der Waals surface area contributed by atoms with Gasteiger partial charge < -0.3 is 20.3 Å². The van der Waals surface area contributed by atoms with Crippen molar-refractivity contribution in [3.05, 3.63) is 0 Å². The van der Waals surface area contributed by atoms with Gasteiger partial charge >= 0.3 is 0 Å². The molecule has 1 rings (SSSR count). The molecule has 2 N–H and O–H groups in total. The molecule has 5 nitrogen and oxygen atoms in total. The highest BCUT2D eigenvalue weighted by atomic mass is 127. The molecule has 0 aromatic rings. The molecule has 1 heterocycles. The summed E-state index contributed by atoms with van der Waals surface area (Å²) in [5.74, 6) is 0.899. The Kier molecular flexibility index (Phi) is 14.2. The van der Waals surface area contributed by atoms with Crippen LogP contribution in [0.4, 0.5) is 0 Å². The number of likely N-dealkylation sites (tertiary alicyclic amines) is 1. The lowest BCUT2D eigenvalue weighted by molar-refractivity contribution is 0.0776. The normalized spacial score (nSPS) is 19.5. The molecular weight excluding hydrogens is 403 g/mol. The van der Waals surface area contributed by atoms with Crippen molar-refractivity contribution in [2.24, 2.45) is 4.99 Å². The van der Waals surface area contributed by atoms with Gasteiger partial charge in [0, 0.05) is 39.3 Å². The lowest BCUT2D eigenvalue weighted by Gasteiger charge is -2.33. The van der Waals surface area contributed by atoms with E-state index < -0.39 is 0 Å². The third-order valence-corrected chi connectivity index (χ3v) is 4.14. The van der Waals surface area contributed by atoms with E-state index in [2.05, 4.69) is 41.3 Å². The maximum absolute atomic E-state index is 5.53. The molecule has 0 saturated carbocycles. The van der Waals surface area contributed by atoms with Gasteiger partial charge in [0.05, 0.1) is 6.10 Å². The van der Waals surface area contributed by atoms with Crippen molar-refractivity contribution >= 4 is 29.9 Å². The van der Waals surface area contributed by atoms with Crippen molar-refractivity contribution in [2.75, 3.05) is 39.8 Å². The molecule has 0 aromatic heterocycles. The van der Waals surface area contributed by atoms with E-state index in [1.165, 1.54) is 38.8 Å². The minimum atomic E-state index is 0. The lowest BCUT2D eigenvalue weighted by Crippen LogP contribution is -2.41. The summed E-state index contributed by atoms with van der Waals surface area (Å²) in [6.45, 7) is 11.6. The average molecular weight is 440 g/mol. The Morgan fingerprint density at radius 1 is 1.22 bits per heavy atom. The zero-order chi connectivity index (χ0) is 16.2. The van der Waals surface area contributed by atoms with Crippen LogP contribution in [0.5, 0.6) is 0 Å². The standard InChI is InChI=1S/C17H36N4O.HI/c1-15(2)22-14-8-11-20-17(18-4)19-10-7-13-21-12-6-5-9-16(21)3;/h15-16H,5-14H2,1-4H3,(H2,18,19,20);1H. The summed E-state index contributed by atoms with van der Waals surface area (Å²) in [7, 11) is 1.83. The summed E-state index contributed by atoms with van der Waals surface area (Å²) in [5, 5.41) is 6.73. The van der Waals surface area contributed by atoms with Gasteiger partial charge in [-0.05, 0) is 53.0 Å². The van der Waals surface area contributed by atoms with Gasteiger partial charge in [0.25, 0.3) is 0 Å². The number of rotatable bonds is 9. The number of halogens is 1. The molecule has 1 fully saturated rings. The van der Waals surface area contributed by atoms with E-state index in [9.17, 15) is 0 Å². The molecule has 0 radical (unpaired) electrons. The van der Waals surface area contributed by atoms with Crippen LogP contribution in [-0.4, -0.2) is 62.8 Å². The van der Waals surface area contributed by atoms with E-state index in [4.69, 9.17) is 4.74 Å². The fourth-order valence-electron chi connectivity index (χ4n) is 2.80. The number of nitrogens with one attached hydrogen (secondary N) is 2. The Balaban J connectivity index is 0.00000484. The van der Waals surface area contributed by atoms with Crippen LogP contribution >= 0.6 is 24.0 Å². The Labute approximate surface area is 160 Å². The van der Waals surface area contributed by atoms with Crippen LogP contribution in [0.2, 0.25) is 0 Å². The van der Waals surface area contributed by atoms with Crippen LogP contribution < -0.4 is 10.6 Å². The monoisotopic (exact) mass is 440 g/mol. The van der Waals surface area contributed by atoms with Gasteiger partial charge in [-0.15, -0.1) is 24.0 Å². The quantitative estimate of drug-likeness (QED) is 0.251. The molecule has 138 valence electrons. The summed E-state index contributed by atoms with van der Waals surface area (Å²) in [6.07, 6.45) is 6.60. The third kappa shape index (κ3) is 11.2. The Hall–Kier alpha value is -0.0800. The number of aliphatic imine (C=N–C) groups is 1. The van der Waals surface area contributed by atoms with Gasteiger partial charge in [-0.25, -0.2) is 0 Å². The van der Waals surface area contributed by atoms with Gasteiger partial charge in [-0.2, -0.15) is 0 Å². The zero-order valence-corrected chi connectivity index (χ0v) is 17.8. The second kappa shape index (κ2) is 14.3. The molecule has 0 aliphatic carbocycles. The van der Waals surface area contributed by atoms with Crippen LogP contribution in [0, 0.1) is 0 Å². The highest BCUT2D eigenvalue weighted by Gasteiger charge is 2.16. The lowest BCUT2D eigenvalue weighted by atomic mass is 10.0. The molecule has 0 aromatic carbocycles. The Morgan fingerprint density at radius 2 is 1.91 bits per heavy atom. The maximum atomic E-state index is 5.53. The van der Waals surface area contributed by atoms with Gasteiger partial charge in [-0.1, -0.05) is 6.42 Å². The first kappa shape index (κ1) is 22.9. The summed E-state index contributed by atoms with van der Waals surface area (Å²) >= 11 is 0. The minimum absolute atomic E-state index is 0. The van der Waals surface area contributed by atoms with E-state index in [0.29, 0.717) is 6.10 Å². The largest absolute Gasteiger partial charge is 0.379 e. The van der Waals surface area contributed by atoms with Crippen molar-refractivity contribution in [1.82, 2.24) is 15.5 Å². The minimum Gasteiger partial charge on any atom is -0.379 e. The molecule has 23 heavy (non-hydrogen) atoms. The van der Waals surface area contributed by atoms with Crippen molar-refractivity contribution in [1.29, 1.82) is 0 Å². The first-order chi connectivity index (χ1) is 10.6. The molecule has 0 spiro atoms. The number of hydrogen-bond donors (Lipinski definition) is 2. The first-order valence-corrected chi connectivity index (χ1v) is 8.93. The predicted molar refractivity (Wildman–Crippen MR) is 110 cm³/mol. The number of piperidine rings is 1. The smallest absolute Gasteiger partial charge is 0.190 e. The molecule has 0 amide bonds. The van der Waals surface area contributed by atoms with Gasteiger partial charge in [-0.3, -0.25) is 4.99 Å². The van der Waals surface area contributed by atoms with E-state index in [-0.39, 0.29) is 24.0 Å². The van der Waals surface area contributed by atoms with Gasteiger partial charge in [0.15, 0.2) is 5.96 Å². The summed E-state index contributed by atoms with van der Waals surface area (Å²) in [4.78, 5) is 6.88. The fraction of sp³-hybridized carbons (Fsp3) is 0.941. The van der Waals surface area contributed by atoms with E-state index in [1.807, 2.05) is 7.05 Å². The second-order valence-electron chi connectivity index (χ2n) is 6.43. The summed E-state index contributed by atoms with van der Waals surface area (Å²) in [6, 6.07) is 0.757. The van der Waals surface area contributed by atoms with E-state index in [0.717, 1.165) is 38.1 Å². The molecule has 6 heteroatoms. The van der Waals surface area contributed by atoms with Gasteiger partial charge in [0.2, 0.25) is 0 Å². The average Bonchev–Trinajstić information content (AvgIpc) is 2.50. The van der Waals surface area contributed by atoms with Crippen molar-refractivity contribution < 1.29 is 4.74 Å². The molecule has 0 bridgehead atoms. The van der Waals surface area contributed by atoms with Crippen molar-refractivity contribution in [3.63, 3.8) is 0 Å². The van der Waals surface area contributed by atoms with Gasteiger partial charge in [0.1, 0.15) is 0 Å². The second-order valence-corrected chi connectivity index (χ2v) is 6.43. The molecular formula is C17H37IN4O. The summed E-state index contributed by atoms with van der Waals surface area (Å²) < 4.78 is 5.53. The molecule has 1 aliphatic rings. The van der Waals surface area contributed by atoms with Crippen LogP contribution in [0.25, 0.3) is 0 Å². The number of nitrogens with zero attached hydrogens (tertiary/aromatic N) is 2. The van der Waals surface area contributed by atoms with Crippen LogP contribution in [-0.2, 0) is 4.74 Å². The molecule has 1 unspecified atom stereocenters. The first-order valence-electron chi connectivity index (χ1n) is 8.93. The van der Waals surface area contributed by atoms with E-state index in [1.54, 1.807) is 0 Å². The zero-order valence-electron chi connectivity index (χ0n) is 15.4. The van der Waals surface area contributed by atoms with Crippen LogP contribution in [0.1, 0.15) is 52.9 Å². The number of ether oxygens (including phenoxy) is 1. The van der Waals surface area contributed by atoms with Crippen molar-refractivity contribution in [2.45, 2.75) is 65.0 Å². The molecule has 1 saturated heterocycles. The third-order valence-electron chi connectivity index (χ3n) is 4.14.